The van der Waals surface area contributed by atoms with Crippen LogP contribution in [0, 0.1) is 0 Å². The molecule has 0 saturated carbocycles. The summed E-state index contributed by atoms with van der Waals surface area (Å²) in [4.78, 5) is 20.6. The Labute approximate surface area is 236 Å². The molecule has 212 valence electrons. The van der Waals surface area contributed by atoms with Crippen molar-refractivity contribution in [2.24, 2.45) is 5.73 Å². The summed E-state index contributed by atoms with van der Waals surface area (Å²) in [5.41, 5.74) is 7.95. The second-order valence-corrected chi connectivity index (χ2v) is 9.52. The van der Waals surface area contributed by atoms with E-state index < -0.39 is 18.0 Å². The number of carbonyl (C=O) groups excluding carboxylic acids is 1. The van der Waals surface area contributed by atoms with Crippen LogP contribution in [0.1, 0.15) is 21.6 Å². The molecule has 41 heavy (non-hydrogen) atoms. The highest BCUT2D eigenvalue weighted by Crippen LogP contribution is 2.31. The molecule has 0 radical (unpaired) electrons. The van der Waals surface area contributed by atoms with Crippen LogP contribution in [0.15, 0.2) is 61.1 Å². The van der Waals surface area contributed by atoms with Crippen LogP contribution in [0.2, 0.25) is 5.02 Å². The molecule has 0 aliphatic heterocycles. The summed E-state index contributed by atoms with van der Waals surface area (Å²) in [6.45, 7) is 2.02. The molecule has 3 aromatic heterocycles. The predicted octanol–water partition coefficient (Wildman–Crippen LogP) is 4.47. The van der Waals surface area contributed by atoms with Gasteiger partial charge in [0.15, 0.2) is 0 Å². The Kier molecular flexibility index (Phi) is 8.17. The highest BCUT2D eigenvalue weighted by atomic mass is 35.5. The average molecular weight is 585 g/mol. The maximum atomic E-state index is 12.4. The summed E-state index contributed by atoms with van der Waals surface area (Å²) < 4.78 is 42.8. The van der Waals surface area contributed by atoms with E-state index in [0.717, 1.165) is 27.4 Å². The van der Waals surface area contributed by atoms with E-state index in [4.69, 9.17) is 22.3 Å². The number of amides is 1. The van der Waals surface area contributed by atoms with Gasteiger partial charge in [0.1, 0.15) is 11.6 Å². The van der Waals surface area contributed by atoms with Gasteiger partial charge in [-0.05, 0) is 35.9 Å². The maximum absolute atomic E-state index is 12.4. The zero-order valence-electron chi connectivity index (χ0n) is 21.5. The van der Waals surface area contributed by atoms with Crippen molar-refractivity contribution in [2.75, 3.05) is 18.4 Å². The quantitative estimate of drug-likeness (QED) is 0.153. The van der Waals surface area contributed by atoms with Gasteiger partial charge in [-0.1, -0.05) is 28.9 Å². The predicted molar refractivity (Wildman–Crippen MR) is 148 cm³/mol. The van der Waals surface area contributed by atoms with Gasteiger partial charge in [0.05, 0.1) is 22.8 Å². The average Bonchev–Trinajstić information content (AvgIpc) is 3.39. The van der Waals surface area contributed by atoms with E-state index >= 15 is 0 Å². The van der Waals surface area contributed by atoms with E-state index in [1.165, 1.54) is 18.2 Å². The molecule has 0 aliphatic carbocycles. The van der Waals surface area contributed by atoms with Gasteiger partial charge in [-0.3, -0.25) is 14.5 Å². The van der Waals surface area contributed by atoms with Gasteiger partial charge in [-0.15, -0.1) is 18.3 Å². The van der Waals surface area contributed by atoms with Gasteiger partial charge < -0.3 is 21.1 Å². The topological polar surface area (TPSA) is 133 Å². The van der Waals surface area contributed by atoms with Crippen LogP contribution in [0.5, 0.6) is 5.75 Å². The normalized spacial score (nSPS) is 11.7. The largest absolute Gasteiger partial charge is 0.573 e. The number of rotatable bonds is 11. The fourth-order valence-corrected chi connectivity index (χ4v) is 4.54. The number of alkyl halides is 3. The lowest BCUT2D eigenvalue weighted by atomic mass is 10.1. The second kappa shape index (κ2) is 11.9. The molecule has 0 aliphatic rings. The Morgan fingerprint density at radius 1 is 1.07 bits per heavy atom. The lowest BCUT2D eigenvalue weighted by Gasteiger charge is -2.12. The van der Waals surface area contributed by atoms with E-state index in [0.29, 0.717) is 49.5 Å². The number of hydrogen-bond acceptors (Lipinski definition) is 8. The first-order valence-electron chi connectivity index (χ1n) is 12.5. The number of hydrogen-bond donors (Lipinski definition) is 3. The first-order chi connectivity index (χ1) is 19.7. The third-order valence-electron chi connectivity index (χ3n) is 6.21. The zero-order chi connectivity index (χ0) is 29.0. The first-order valence-corrected chi connectivity index (χ1v) is 12.9. The zero-order valence-corrected chi connectivity index (χ0v) is 22.2. The van der Waals surface area contributed by atoms with Crippen molar-refractivity contribution in [3.63, 3.8) is 0 Å². The molecule has 0 atom stereocenters. The number of carbonyl (C=O) groups is 1. The van der Waals surface area contributed by atoms with Crippen molar-refractivity contribution in [1.29, 1.82) is 0 Å². The van der Waals surface area contributed by atoms with Crippen LogP contribution in [-0.2, 0) is 19.5 Å². The summed E-state index contributed by atoms with van der Waals surface area (Å²) in [5, 5.41) is 17.5. The summed E-state index contributed by atoms with van der Waals surface area (Å²) in [6.07, 6.45) is 1.11. The number of primary amides is 1. The molecule has 0 spiro atoms. The van der Waals surface area contributed by atoms with Gasteiger partial charge >= 0.3 is 6.36 Å². The van der Waals surface area contributed by atoms with E-state index in [9.17, 15) is 18.0 Å². The second-order valence-electron chi connectivity index (χ2n) is 9.12. The van der Waals surface area contributed by atoms with Gasteiger partial charge in [-0.2, -0.15) is 0 Å². The Hall–Kier alpha value is -4.49. The molecule has 2 aromatic carbocycles. The molecular formula is C27H24ClF3N8O2. The number of fused-ring (bicyclic) bond motifs is 3. The molecule has 3 heterocycles. The van der Waals surface area contributed by atoms with Gasteiger partial charge in [-0.25, -0.2) is 4.98 Å². The number of ether oxygens (including phenoxy) is 1. The molecule has 0 saturated heterocycles. The minimum absolute atomic E-state index is 0.114. The number of nitrogens with one attached hydrogen (secondary N) is 2. The van der Waals surface area contributed by atoms with Crippen LogP contribution in [0.3, 0.4) is 0 Å². The molecular weight excluding hydrogens is 561 g/mol. The number of benzene rings is 2. The van der Waals surface area contributed by atoms with Crippen LogP contribution in [0.25, 0.3) is 21.7 Å². The number of nitrogens with zero attached hydrogens (tertiary/aromatic N) is 5. The SMILES string of the molecule is NC(=O)c1ccc2c(c1)nc(NCCn1cc(CCNCc3ccc(OC(F)(F)F)c(Cl)c3)nn1)c1ccncc12. The van der Waals surface area contributed by atoms with E-state index in [2.05, 4.69) is 30.7 Å². The highest BCUT2D eigenvalue weighted by molar-refractivity contribution is 6.32. The van der Waals surface area contributed by atoms with Crippen LogP contribution < -0.4 is 21.1 Å². The Morgan fingerprint density at radius 2 is 1.93 bits per heavy atom. The standard InChI is InChI=1S/C27H24ClF3N8O2/c28-22-11-16(1-4-24(22)41-27(29,30)31)13-33-7-5-18-15-39(38-37-18)10-9-35-26-20-6-8-34-14-21(20)19-3-2-17(25(32)40)12-23(19)36-26/h1-4,6,8,11-12,14-15,33H,5,7,9-10,13H2,(H2,32,40)(H,35,36). The smallest absolute Gasteiger partial charge is 0.404 e. The van der Waals surface area contributed by atoms with Crippen LogP contribution >= 0.6 is 11.6 Å². The first kappa shape index (κ1) is 28.1. The fourth-order valence-electron chi connectivity index (χ4n) is 4.30. The summed E-state index contributed by atoms with van der Waals surface area (Å²) in [5.74, 6) is -0.309. The molecule has 4 N–H and O–H groups in total. The third-order valence-corrected chi connectivity index (χ3v) is 6.50. The highest BCUT2D eigenvalue weighted by Gasteiger charge is 2.32. The summed E-state index contributed by atoms with van der Waals surface area (Å²) >= 11 is 5.90. The van der Waals surface area contributed by atoms with Gasteiger partial charge in [0.2, 0.25) is 5.91 Å². The third kappa shape index (κ3) is 6.99. The maximum Gasteiger partial charge on any atom is 0.573 e. The van der Waals surface area contributed by atoms with E-state index in [-0.39, 0.29) is 5.02 Å². The van der Waals surface area contributed by atoms with Crippen molar-refractivity contribution in [2.45, 2.75) is 25.9 Å². The Balaban J connectivity index is 1.14. The number of nitrogens with two attached hydrogens (primary N) is 1. The molecule has 0 bridgehead atoms. The van der Waals surface area contributed by atoms with Gasteiger partial charge in [0.25, 0.3) is 0 Å². The van der Waals surface area contributed by atoms with E-state index in [1.54, 1.807) is 29.2 Å². The van der Waals surface area contributed by atoms with Crippen molar-refractivity contribution in [3.05, 3.63) is 82.9 Å². The Bertz CT molecular complexity index is 1710. The minimum atomic E-state index is -4.80. The van der Waals surface area contributed by atoms with Crippen molar-refractivity contribution < 1.29 is 22.7 Å². The monoisotopic (exact) mass is 584 g/mol. The fraction of sp³-hybridized carbons (Fsp3) is 0.222. The number of aromatic nitrogens is 5. The summed E-state index contributed by atoms with van der Waals surface area (Å²) in [7, 11) is 0. The van der Waals surface area contributed by atoms with Crippen LogP contribution in [-0.4, -0.2) is 50.3 Å². The molecule has 14 heteroatoms. The summed E-state index contributed by atoms with van der Waals surface area (Å²) in [6, 6.07) is 11.2. The minimum Gasteiger partial charge on any atom is -0.404 e. The lowest BCUT2D eigenvalue weighted by Crippen LogP contribution is -2.18. The molecule has 0 fully saturated rings. The van der Waals surface area contributed by atoms with E-state index in [1.807, 2.05) is 18.3 Å². The Morgan fingerprint density at radius 3 is 2.71 bits per heavy atom. The van der Waals surface area contributed by atoms with Crippen LogP contribution in [0.4, 0.5) is 19.0 Å². The number of anilines is 1. The number of halogens is 4. The number of pyridine rings is 2. The van der Waals surface area contributed by atoms with Crippen molar-refractivity contribution in [1.82, 2.24) is 30.3 Å². The molecule has 5 rings (SSSR count). The molecule has 0 unspecified atom stereocenters. The molecule has 10 nitrogen and oxygen atoms in total. The van der Waals surface area contributed by atoms with Crippen molar-refractivity contribution >= 4 is 45.0 Å². The van der Waals surface area contributed by atoms with Gasteiger partial charge in [0, 0.05) is 66.4 Å². The lowest BCUT2D eigenvalue weighted by molar-refractivity contribution is -0.274. The molecule has 1 amide bonds. The van der Waals surface area contributed by atoms with Crippen molar-refractivity contribution in [3.8, 4) is 5.75 Å². The molecule has 5 aromatic rings.